The largest absolute Gasteiger partial charge is 0.445 e. The summed E-state index contributed by atoms with van der Waals surface area (Å²) < 4.78 is 5.06. The number of amides is 1. The molecule has 0 aliphatic carbocycles. The minimum Gasteiger partial charge on any atom is -0.445 e. The normalized spacial score (nSPS) is 9.70. The fourth-order valence-corrected chi connectivity index (χ4v) is 2.33. The first-order chi connectivity index (χ1) is 11.1. The van der Waals surface area contributed by atoms with Gasteiger partial charge in [-0.15, -0.1) is 0 Å². The first-order valence-electron chi connectivity index (χ1n) is 6.64. The van der Waals surface area contributed by atoms with Gasteiger partial charge in [-0.2, -0.15) is 0 Å². The second-order valence-corrected chi connectivity index (χ2v) is 5.69. The summed E-state index contributed by atoms with van der Waals surface area (Å²) in [5.74, 6) is 5.57. The van der Waals surface area contributed by atoms with Gasteiger partial charge in [0.1, 0.15) is 6.61 Å². The van der Waals surface area contributed by atoms with Gasteiger partial charge in [-0.05, 0) is 17.7 Å². The minimum absolute atomic E-state index is 0.119. The van der Waals surface area contributed by atoms with Crippen LogP contribution in [0, 0.1) is 11.8 Å². The molecule has 0 radical (unpaired) electrons. The van der Waals surface area contributed by atoms with Crippen LogP contribution in [-0.4, -0.2) is 12.6 Å². The Morgan fingerprint density at radius 2 is 1.87 bits per heavy atom. The average Bonchev–Trinajstić information content (AvgIpc) is 2.54. The summed E-state index contributed by atoms with van der Waals surface area (Å²) in [6.45, 7) is 0.323. The van der Waals surface area contributed by atoms with E-state index in [1.54, 1.807) is 6.07 Å². The second kappa shape index (κ2) is 8.69. The molecule has 0 spiro atoms. The predicted octanol–water partition coefficient (Wildman–Crippen LogP) is 4.92. The Balaban J connectivity index is 1.82. The molecule has 0 aromatic heterocycles. The maximum Gasteiger partial charge on any atom is 0.408 e. The first kappa shape index (κ1) is 17.5. The number of carbonyl (C=O) groups excluding carboxylic acids is 1. The van der Waals surface area contributed by atoms with Gasteiger partial charge in [-0.1, -0.05) is 77.0 Å². The van der Waals surface area contributed by atoms with Gasteiger partial charge in [0.2, 0.25) is 0 Å². The van der Waals surface area contributed by atoms with Crippen LogP contribution in [0.5, 0.6) is 0 Å². The predicted molar refractivity (Wildman–Crippen MR) is 93.0 cm³/mol. The zero-order valence-electron chi connectivity index (χ0n) is 11.9. The van der Waals surface area contributed by atoms with Crippen LogP contribution >= 0.6 is 34.8 Å². The highest BCUT2D eigenvalue weighted by Gasteiger charge is 2.05. The third kappa shape index (κ3) is 5.69. The van der Waals surface area contributed by atoms with Crippen LogP contribution in [0.25, 0.3) is 0 Å². The highest BCUT2D eigenvalue weighted by Crippen LogP contribution is 2.29. The van der Waals surface area contributed by atoms with Gasteiger partial charge < -0.3 is 10.1 Å². The number of hydrogen-bond acceptors (Lipinski definition) is 2. The Morgan fingerprint density at radius 3 is 2.61 bits per heavy atom. The number of nitrogens with one attached hydrogen (secondary N) is 1. The van der Waals surface area contributed by atoms with Crippen molar-refractivity contribution in [1.29, 1.82) is 0 Å². The van der Waals surface area contributed by atoms with E-state index in [0.717, 1.165) is 5.56 Å². The number of rotatable bonds is 3. The highest BCUT2D eigenvalue weighted by atomic mass is 35.5. The van der Waals surface area contributed by atoms with E-state index < -0.39 is 6.09 Å². The fraction of sp³-hybridized carbons (Fsp3) is 0.118. The smallest absolute Gasteiger partial charge is 0.408 e. The molecule has 6 heteroatoms. The van der Waals surface area contributed by atoms with E-state index in [-0.39, 0.29) is 13.2 Å². The summed E-state index contributed by atoms with van der Waals surface area (Å²) in [5.41, 5.74) is 1.41. The van der Waals surface area contributed by atoms with Crippen LogP contribution in [-0.2, 0) is 11.3 Å². The Bertz CT molecular complexity index is 752. The molecule has 118 valence electrons. The number of carbonyl (C=O) groups is 1. The molecule has 0 unspecified atom stereocenters. The van der Waals surface area contributed by atoms with Gasteiger partial charge in [-0.25, -0.2) is 4.79 Å². The summed E-state index contributed by atoms with van der Waals surface area (Å²) in [7, 11) is 0. The molecule has 2 aromatic carbocycles. The number of benzene rings is 2. The Hall–Kier alpha value is -1.86. The summed E-state index contributed by atoms with van der Waals surface area (Å²) in [6, 6.07) is 12.5. The zero-order valence-corrected chi connectivity index (χ0v) is 14.2. The molecule has 2 rings (SSSR count). The summed E-state index contributed by atoms with van der Waals surface area (Å²) in [5, 5.41) is 3.63. The van der Waals surface area contributed by atoms with Crippen molar-refractivity contribution in [3.63, 3.8) is 0 Å². The fourth-order valence-electron chi connectivity index (χ4n) is 1.68. The maximum absolute atomic E-state index is 11.5. The molecule has 0 saturated heterocycles. The Morgan fingerprint density at radius 1 is 1.13 bits per heavy atom. The third-order valence-electron chi connectivity index (χ3n) is 2.75. The molecule has 2 aromatic rings. The molecule has 1 amide bonds. The highest BCUT2D eigenvalue weighted by molar-refractivity contribution is 6.43. The molecule has 0 aliphatic heterocycles. The van der Waals surface area contributed by atoms with Crippen molar-refractivity contribution >= 4 is 40.9 Å². The minimum atomic E-state index is -0.543. The van der Waals surface area contributed by atoms with E-state index in [0.29, 0.717) is 20.6 Å². The summed E-state index contributed by atoms with van der Waals surface area (Å²) in [6.07, 6.45) is -0.543. The number of alkyl carbamates (subject to hydrolysis) is 1. The van der Waals surface area contributed by atoms with Crippen molar-refractivity contribution in [2.45, 2.75) is 6.61 Å². The molecule has 1 N–H and O–H groups in total. The Kier molecular flexibility index (Phi) is 6.61. The molecule has 23 heavy (non-hydrogen) atoms. The lowest BCUT2D eigenvalue weighted by Gasteiger charge is -2.04. The SMILES string of the molecule is O=C(NCC#Cc1cc(Cl)cc(Cl)c1Cl)OCc1ccccc1. The second-order valence-electron chi connectivity index (χ2n) is 4.47. The molecule has 0 bridgehead atoms. The molecule has 0 fully saturated rings. The lowest BCUT2D eigenvalue weighted by atomic mass is 10.2. The lowest BCUT2D eigenvalue weighted by Crippen LogP contribution is -2.24. The van der Waals surface area contributed by atoms with Crippen LogP contribution in [0.15, 0.2) is 42.5 Å². The quantitative estimate of drug-likeness (QED) is 0.616. The van der Waals surface area contributed by atoms with Crippen LogP contribution in [0.2, 0.25) is 15.1 Å². The van der Waals surface area contributed by atoms with E-state index in [4.69, 9.17) is 39.5 Å². The van der Waals surface area contributed by atoms with E-state index in [9.17, 15) is 4.79 Å². The van der Waals surface area contributed by atoms with Crippen molar-refractivity contribution in [1.82, 2.24) is 5.32 Å². The first-order valence-corrected chi connectivity index (χ1v) is 7.77. The number of halogens is 3. The molecule has 0 heterocycles. The summed E-state index contributed by atoms with van der Waals surface area (Å²) in [4.78, 5) is 11.5. The van der Waals surface area contributed by atoms with Crippen molar-refractivity contribution in [3.05, 3.63) is 68.7 Å². The van der Waals surface area contributed by atoms with Crippen LogP contribution in [0.3, 0.4) is 0 Å². The molecule has 3 nitrogen and oxygen atoms in total. The molecular weight excluding hydrogens is 357 g/mol. The molecule has 0 saturated carbocycles. The van der Waals surface area contributed by atoms with Gasteiger partial charge in [0.05, 0.1) is 16.6 Å². The standard InChI is InChI=1S/C17H12Cl3NO2/c18-14-9-13(16(20)15(19)10-14)7-4-8-21-17(22)23-11-12-5-2-1-3-6-12/h1-3,5-6,9-10H,8,11H2,(H,21,22). The maximum atomic E-state index is 11.5. The summed E-state index contributed by atoms with van der Waals surface area (Å²) >= 11 is 17.8. The molecule has 0 aliphatic rings. The van der Waals surface area contributed by atoms with Crippen LogP contribution < -0.4 is 5.32 Å². The zero-order chi connectivity index (χ0) is 16.7. The van der Waals surface area contributed by atoms with Gasteiger partial charge in [-0.3, -0.25) is 0 Å². The van der Waals surface area contributed by atoms with Crippen LogP contribution in [0.1, 0.15) is 11.1 Å². The average molecular weight is 369 g/mol. The topological polar surface area (TPSA) is 38.3 Å². The van der Waals surface area contributed by atoms with Crippen LogP contribution in [0.4, 0.5) is 4.79 Å². The molecule has 0 atom stereocenters. The molecular formula is C17H12Cl3NO2. The third-order valence-corrected chi connectivity index (χ3v) is 3.77. The van der Waals surface area contributed by atoms with Crippen molar-refractivity contribution in [2.75, 3.05) is 6.54 Å². The van der Waals surface area contributed by atoms with E-state index in [2.05, 4.69) is 17.2 Å². The number of hydrogen-bond donors (Lipinski definition) is 1. The van der Waals surface area contributed by atoms with Gasteiger partial charge in [0.15, 0.2) is 0 Å². The van der Waals surface area contributed by atoms with E-state index >= 15 is 0 Å². The van der Waals surface area contributed by atoms with E-state index in [1.165, 1.54) is 6.07 Å². The number of ether oxygens (including phenoxy) is 1. The lowest BCUT2D eigenvalue weighted by molar-refractivity contribution is 0.141. The van der Waals surface area contributed by atoms with Gasteiger partial charge in [0.25, 0.3) is 0 Å². The van der Waals surface area contributed by atoms with E-state index in [1.807, 2.05) is 30.3 Å². The van der Waals surface area contributed by atoms with Crippen molar-refractivity contribution in [2.24, 2.45) is 0 Å². The van der Waals surface area contributed by atoms with Gasteiger partial charge >= 0.3 is 6.09 Å². The monoisotopic (exact) mass is 367 g/mol. The van der Waals surface area contributed by atoms with Crippen molar-refractivity contribution in [3.8, 4) is 11.8 Å². The van der Waals surface area contributed by atoms with Gasteiger partial charge in [0, 0.05) is 10.6 Å². The Labute approximate surface area is 149 Å². The van der Waals surface area contributed by atoms with Crippen molar-refractivity contribution < 1.29 is 9.53 Å².